The van der Waals surface area contributed by atoms with Gasteiger partial charge in [0.05, 0.1) is 22.3 Å². The summed E-state index contributed by atoms with van der Waals surface area (Å²) in [5.74, 6) is -0.858. The highest BCUT2D eigenvalue weighted by molar-refractivity contribution is 6.24. The molecule has 12 aliphatic rings. The molecule has 0 aliphatic carbocycles. The zero-order valence-electron chi connectivity index (χ0n) is 75.3. The summed E-state index contributed by atoms with van der Waals surface area (Å²) >= 11 is 0. The molecule has 6 saturated heterocycles. The van der Waals surface area contributed by atoms with E-state index in [2.05, 4.69) is 145 Å². The minimum atomic E-state index is -0.752. The number of benzene rings is 6. The molecule has 6 N–H and O–H groups in total. The Morgan fingerprint density at radius 1 is 0.258 bits per heavy atom. The van der Waals surface area contributed by atoms with E-state index in [1.165, 1.54) is 11.1 Å². The van der Waals surface area contributed by atoms with Gasteiger partial charge < -0.3 is 51.5 Å². The first kappa shape index (κ1) is 92.4. The van der Waals surface area contributed by atoms with E-state index in [0.29, 0.717) is 135 Å². The topological polar surface area (TPSA) is 331 Å². The van der Waals surface area contributed by atoms with Crippen molar-refractivity contribution in [3.8, 4) is 0 Å². The molecule has 12 aliphatic heterocycles. The molecule has 128 heavy (non-hydrogen) atoms. The molecule has 0 bridgehead atoms. The smallest absolute Gasteiger partial charge is 0.262 e. The molecule has 0 saturated carbocycles. The fraction of sp³-hybridized carbons (Fsp3) is 0.392. The van der Waals surface area contributed by atoms with E-state index in [4.69, 9.17) is 0 Å². The van der Waals surface area contributed by atoms with Gasteiger partial charge in [-0.1, -0.05) is 195 Å². The summed E-state index contributed by atoms with van der Waals surface area (Å²) in [7, 11) is 0. The number of amides is 14. The van der Waals surface area contributed by atoms with Gasteiger partial charge in [-0.2, -0.15) is 0 Å². The number of nitrogens with zero attached hydrogens (tertiary/aromatic N) is 6. The molecule has 668 valence electrons. The van der Waals surface area contributed by atoms with Gasteiger partial charge >= 0.3 is 0 Å². The third-order valence-corrected chi connectivity index (χ3v) is 25.8. The maximum absolute atomic E-state index is 12.8. The SMILES string of the molecule is C=C1CCC(N2C(=O)c3ccc(C(C)C)cc3C2=O)C(=O)N1.C=C1CCC(N2C(=O)c3cccc(C(C)C)c3C2=O)C(=O)N1.C=C1CCC(N2Cc3c(cccc3C(C)C)C2=O)C(=O)N1.C=C1CCC(N2Cc3cc(C(C)C)ccc3C2=O)C(=O)N1.C=C1CCC(N2Cc3ccc(C(C)C)cc3C2=O)C(=O)N1.C=C1CCC(N2Cc3cccc(C(C)C)c3C2=O)C(=O)N1. The van der Waals surface area contributed by atoms with Crippen molar-refractivity contribution < 1.29 is 67.1 Å². The van der Waals surface area contributed by atoms with E-state index in [0.717, 1.165) is 125 Å². The van der Waals surface area contributed by atoms with Crippen LogP contribution >= 0.6 is 0 Å². The van der Waals surface area contributed by atoms with Crippen LogP contribution in [0.2, 0.25) is 0 Å². The zero-order chi connectivity index (χ0) is 92.6. The van der Waals surface area contributed by atoms with Gasteiger partial charge in [-0.05, 0) is 205 Å². The molecule has 26 heteroatoms. The fourth-order valence-electron chi connectivity index (χ4n) is 18.5. The van der Waals surface area contributed by atoms with Crippen LogP contribution in [0.3, 0.4) is 0 Å². The number of rotatable bonds is 12. The van der Waals surface area contributed by atoms with Crippen LogP contribution in [-0.2, 0) is 54.9 Å². The van der Waals surface area contributed by atoms with Crippen molar-refractivity contribution in [1.29, 1.82) is 0 Å². The molecule has 0 radical (unpaired) electrons. The Bertz CT molecular complexity index is 5640. The first-order valence-corrected chi connectivity index (χ1v) is 44.4. The van der Waals surface area contributed by atoms with Crippen LogP contribution < -0.4 is 31.9 Å². The summed E-state index contributed by atoms with van der Waals surface area (Å²) < 4.78 is 0. The average molecular weight is 1730 g/mol. The number of hydrogen-bond acceptors (Lipinski definition) is 14. The quantitative estimate of drug-likeness (QED) is 0.0621. The molecule has 6 aromatic rings. The minimum absolute atomic E-state index is 0.0121. The number of fused-ring (bicyclic) bond motifs is 6. The van der Waals surface area contributed by atoms with Gasteiger partial charge in [-0.3, -0.25) is 76.9 Å². The Hall–Kier alpha value is -13.3. The van der Waals surface area contributed by atoms with Crippen molar-refractivity contribution in [2.45, 2.75) is 258 Å². The zero-order valence-corrected chi connectivity index (χ0v) is 75.3. The fourth-order valence-corrected chi connectivity index (χ4v) is 18.5. The lowest BCUT2D eigenvalue weighted by Crippen LogP contribution is -2.51. The molecule has 6 aromatic carbocycles. The summed E-state index contributed by atoms with van der Waals surface area (Å²) in [6, 6.07) is 31.5. The van der Waals surface area contributed by atoms with Gasteiger partial charge in [-0.25, -0.2) is 0 Å². The van der Waals surface area contributed by atoms with Crippen molar-refractivity contribution in [3.05, 3.63) is 283 Å². The van der Waals surface area contributed by atoms with E-state index >= 15 is 0 Å². The maximum Gasteiger partial charge on any atom is 0.262 e. The average Bonchev–Trinajstić information content (AvgIpc) is 1.59. The molecule has 14 amide bonds. The summed E-state index contributed by atoms with van der Waals surface area (Å²) in [4.78, 5) is 183. The highest BCUT2D eigenvalue weighted by atomic mass is 16.2. The predicted octanol–water partition coefficient (Wildman–Crippen LogP) is 14.6. The summed E-state index contributed by atoms with van der Waals surface area (Å²) in [6.45, 7) is 49.6. The van der Waals surface area contributed by atoms with Crippen LogP contribution in [0.1, 0.15) is 334 Å². The summed E-state index contributed by atoms with van der Waals surface area (Å²) in [5.41, 5.74) is 19.5. The Morgan fingerprint density at radius 3 is 1.02 bits per heavy atom. The molecule has 6 unspecified atom stereocenters. The number of carbonyl (C=O) groups excluding carboxylic acids is 14. The second-order valence-electron chi connectivity index (χ2n) is 36.7. The molecule has 6 atom stereocenters. The van der Waals surface area contributed by atoms with E-state index in [9.17, 15) is 67.1 Å². The Labute approximate surface area is 748 Å². The number of allylic oxidation sites excluding steroid dienone is 6. The highest BCUT2D eigenvalue weighted by Gasteiger charge is 2.49. The second-order valence-corrected chi connectivity index (χ2v) is 36.7. The lowest BCUT2D eigenvalue weighted by atomic mass is 9.94. The third kappa shape index (κ3) is 18.8. The number of hydrogen-bond donors (Lipinski definition) is 6. The van der Waals surface area contributed by atoms with Crippen LogP contribution in [0.25, 0.3) is 0 Å². The number of nitrogens with one attached hydrogen (secondary N) is 6. The van der Waals surface area contributed by atoms with Crippen molar-refractivity contribution in [1.82, 2.24) is 61.3 Å². The normalized spacial score (nSPS) is 21.6. The van der Waals surface area contributed by atoms with Crippen molar-refractivity contribution in [2.75, 3.05) is 0 Å². The number of carbonyl (C=O) groups is 14. The van der Waals surface area contributed by atoms with E-state index < -0.39 is 12.1 Å². The van der Waals surface area contributed by atoms with Crippen LogP contribution in [0.15, 0.2) is 183 Å². The van der Waals surface area contributed by atoms with Gasteiger partial charge in [-0.15, -0.1) is 0 Å². The first-order valence-electron chi connectivity index (χ1n) is 44.4. The molecular formula is C102H116N12O14. The van der Waals surface area contributed by atoms with Crippen LogP contribution in [0.4, 0.5) is 0 Å². The van der Waals surface area contributed by atoms with Gasteiger partial charge in [0.2, 0.25) is 35.4 Å². The lowest BCUT2D eigenvalue weighted by Gasteiger charge is -2.31. The summed E-state index contributed by atoms with van der Waals surface area (Å²) in [5, 5.41) is 16.3. The van der Waals surface area contributed by atoms with Crippen LogP contribution in [-0.4, -0.2) is 148 Å². The molecule has 0 spiro atoms. The number of piperidine rings is 6. The van der Waals surface area contributed by atoms with Gasteiger partial charge in [0.1, 0.15) is 36.3 Å². The number of imide groups is 2. The monoisotopic (exact) mass is 1730 g/mol. The molecule has 18 rings (SSSR count). The second kappa shape index (κ2) is 38.1. The largest absolute Gasteiger partial charge is 0.329 e. The first-order chi connectivity index (χ1) is 60.7. The molecule has 6 fully saturated rings. The van der Waals surface area contributed by atoms with Crippen molar-refractivity contribution in [3.63, 3.8) is 0 Å². The van der Waals surface area contributed by atoms with Gasteiger partial charge in [0, 0.05) is 82.6 Å². The Kier molecular flexibility index (Phi) is 27.5. The van der Waals surface area contributed by atoms with E-state index in [1.807, 2.05) is 94.4 Å². The Balaban J connectivity index is 0.000000131. The molecule has 12 heterocycles. The molecule has 0 aromatic heterocycles. The van der Waals surface area contributed by atoms with Gasteiger partial charge in [0.25, 0.3) is 47.3 Å². The van der Waals surface area contributed by atoms with Crippen molar-refractivity contribution >= 4 is 82.7 Å². The lowest BCUT2D eigenvalue weighted by molar-refractivity contribution is -0.127. The van der Waals surface area contributed by atoms with E-state index in [-0.39, 0.29) is 119 Å². The van der Waals surface area contributed by atoms with Crippen LogP contribution in [0.5, 0.6) is 0 Å². The standard InChI is InChI=1S/2C17H18N2O3.4C17H20N2O2/c1-9(2)11-5-6-12-13(8-11)17(22)19(16(12)21)14-7-4-10(3)18-15(14)20;1-9(2)11-5-4-6-12-14(11)17(22)19(16(12)21)13-8-7-10(3)18-15(13)20;1-10(2)12-5-6-14-13(8-12)9-19(17(14)21)15-7-4-11(3)18-16(15)20;1-10(2)12-5-6-13-9-19(17(21)14(13)8-12)15-7-4-11(3)18-16(15)20;1-10(2)12-5-4-6-13-14(12)9-19(17(13)21)15-8-7-11(3)18-16(15)20;1-10(2)13-6-4-5-12-9-19(17(21)15(12)13)14-8-7-11(3)18-16(14)20/h5-6,8-9,14H,3-4,7H2,1-2H3,(H,18,20);4-6,9,13H,3,7-8H2,1-2H3,(H,18,20);2*5-6,8,10,15H,3-4,7,9H2,1-2H3,(H,18,20);4-6,10,15H,3,7-9H2,1-2H3,(H,18,20);4-6,10,14H,3,7-9H2,1-2H3,(H,18,20). The Morgan fingerprint density at radius 2 is 0.578 bits per heavy atom. The summed E-state index contributed by atoms with van der Waals surface area (Å²) in [6.07, 6.45) is 7.52. The molecule has 26 nitrogen and oxygen atoms in total. The van der Waals surface area contributed by atoms with Crippen LogP contribution in [0, 0.1) is 0 Å². The minimum Gasteiger partial charge on any atom is -0.329 e. The predicted molar refractivity (Wildman–Crippen MR) is 486 cm³/mol. The maximum atomic E-state index is 12.8. The van der Waals surface area contributed by atoms with Crippen molar-refractivity contribution in [2.24, 2.45) is 0 Å². The highest BCUT2D eigenvalue weighted by Crippen LogP contribution is 2.40. The third-order valence-electron chi connectivity index (χ3n) is 25.8. The molecular weight excluding hydrogens is 1620 g/mol. The van der Waals surface area contributed by atoms with Gasteiger partial charge in [0.15, 0.2) is 0 Å². The van der Waals surface area contributed by atoms with E-state index in [1.54, 1.807) is 43.9 Å².